The third-order valence-electron chi connectivity index (χ3n) is 5.44. The molecule has 156 valence electrons. The van der Waals surface area contributed by atoms with Gasteiger partial charge >= 0.3 is 0 Å². The van der Waals surface area contributed by atoms with Gasteiger partial charge in [-0.3, -0.25) is 14.6 Å². The number of aromatic nitrogens is 3. The highest BCUT2D eigenvalue weighted by atomic mass is 19.1. The lowest BCUT2D eigenvalue weighted by Gasteiger charge is -2.18. The van der Waals surface area contributed by atoms with Crippen molar-refractivity contribution in [2.45, 2.75) is 39.0 Å². The lowest BCUT2D eigenvalue weighted by atomic mass is 9.98. The molecular formula is C22H23FN4O3. The number of alkyl halides is 1. The Morgan fingerprint density at radius 2 is 1.93 bits per heavy atom. The van der Waals surface area contributed by atoms with E-state index in [1.807, 2.05) is 6.92 Å². The maximum absolute atomic E-state index is 13.1. The van der Waals surface area contributed by atoms with E-state index in [4.69, 9.17) is 0 Å². The number of amides is 1. The van der Waals surface area contributed by atoms with Gasteiger partial charge in [-0.15, -0.1) is 0 Å². The molecule has 2 atom stereocenters. The van der Waals surface area contributed by atoms with Gasteiger partial charge in [-0.05, 0) is 44.9 Å². The van der Waals surface area contributed by atoms with E-state index >= 15 is 0 Å². The van der Waals surface area contributed by atoms with Gasteiger partial charge in [-0.25, -0.2) is 9.37 Å². The molecule has 0 saturated heterocycles. The van der Waals surface area contributed by atoms with Crippen molar-refractivity contribution >= 4 is 22.6 Å². The smallest absolute Gasteiger partial charge is 0.258 e. The van der Waals surface area contributed by atoms with Crippen LogP contribution in [-0.4, -0.2) is 31.7 Å². The van der Waals surface area contributed by atoms with E-state index in [0.717, 1.165) is 5.56 Å². The number of rotatable bonds is 4. The molecule has 7 nitrogen and oxygen atoms in total. The van der Waals surface area contributed by atoms with Crippen molar-refractivity contribution in [3.63, 3.8) is 0 Å². The van der Waals surface area contributed by atoms with Crippen LogP contribution in [0, 0.1) is 12.8 Å². The molecule has 0 bridgehead atoms. The second kappa shape index (κ2) is 6.98. The van der Waals surface area contributed by atoms with Crippen LogP contribution in [0.2, 0.25) is 0 Å². The molecule has 3 aromatic rings. The van der Waals surface area contributed by atoms with E-state index in [0.29, 0.717) is 27.7 Å². The van der Waals surface area contributed by atoms with Crippen LogP contribution in [-0.2, 0) is 17.4 Å². The minimum Gasteiger partial charge on any atom is -0.384 e. The van der Waals surface area contributed by atoms with E-state index in [1.165, 1.54) is 4.57 Å². The number of hydrogen-bond donors (Lipinski definition) is 2. The molecule has 1 aliphatic rings. The van der Waals surface area contributed by atoms with Crippen LogP contribution in [0.1, 0.15) is 31.5 Å². The number of anilines is 1. The monoisotopic (exact) mass is 410 g/mol. The number of aliphatic hydroxyl groups is 1. The Labute approximate surface area is 172 Å². The standard InChI is InChI=1S/C22H23FN4O3/c1-11-5-18(22(2,3)30)24-10-15(11)13-6-12-9-25-19(8-17(12)27(4)21(13)29)26-20(28)14-7-16(14)23/h5-6,8-10,14,16,30H,7H2,1-4H3,(H,25,26,28)/t14-,16+/m1/s1. The average molecular weight is 410 g/mol. The summed E-state index contributed by atoms with van der Waals surface area (Å²) in [7, 11) is 1.65. The number of nitrogens with one attached hydrogen (secondary N) is 1. The van der Waals surface area contributed by atoms with Gasteiger partial charge in [0, 0.05) is 42.0 Å². The highest BCUT2D eigenvalue weighted by Gasteiger charge is 2.43. The quantitative estimate of drug-likeness (QED) is 0.689. The summed E-state index contributed by atoms with van der Waals surface area (Å²) < 4.78 is 14.6. The van der Waals surface area contributed by atoms with Crippen LogP contribution in [0.15, 0.2) is 35.4 Å². The van der Waals surface area contributed by atoms with Crippen molar-refractivity contribution < 1.29 is 14.3 Å². The van der Waals surface area contributed by atoms with Crippen LogP contribution in [0.5, 0.6) is 0 Å². The van der Waals surface area contributed by atoms with Crippen LogP contribution < -0.4 is 10.9 Å². The minimum atomic E-state index is -1.09. The summed E-state index contributed by atoms with van der Waals surface area (Å²) in [5.74, 6) is -0.734. The van der Waals surface area contributed by atoms with Gasteiger partial charge in [0.05, 0.1) is 17.1 Å². The zero-order valence-electron chi connectivity index (χ0n) is 17.2. The molecule has 30 heavy (non-hydrogen) atoms. The normalized spacial score (nSPS) is 18.5. The molecule has 1 saturated carbocycles. The number of nitrogens with zero attached hydrogens (tertiary/aromatic N) is 3. The number of aryl methyl sites for hydroxylation is 2. The Bertz CT molecular complexity index is 1230. The zero-order chi connectivity index (χ0) is 21.8. The van der Waals surface area contributed by atoms with Crippen LogP contribution in [0.3, 0.4) is 0 Å². The van der Waals surface area contributed by atoms with Gasteiger partial charge in [0.25, 0.3) is 5.56 Å². The average Bonchev–Trinajstić information content (AvgIpc) is 3.41. The van der Waals surface area contributed by atoms with Crippen molar-refractivity contribution in [1.82, 2.24) is 14.5 Å². The van der Waals surface area contributed by atoms with Gasteiger partial charge in [0.2, 0.25) is 5.91 Å². The van der Waals surface area contributed by atoms with Crippen molar-refractivity contribution in [3.05, 3.63) is 52.2 Å². The fourth-order valence-electron chi connectivity index (χ4n) is 3.45. The van der Waals surface area contributed by atoms with Crippen LogP contribution >= 0.6 is 0 Å². The number of pyridine rings is 3. The van der Waals surface area contributed by atoms with Gasteiger partial charge in [0.15, 0.2) is 0 Å². The summed E-state index contributed by atoms with van der Waals surface area (Å²) in [6.45, 7) is 5.17. The fourth-order valence-corrected chi connectivity index (χ4v) is 3.45. The largest absolute Gasteiger partial charge is 0.384 e. The first-order valence-corrected chi connectivity index (χ1v) is 9.71. The lowest BCUT2D eigenvalue weighted by Crippen LogP contribution is -2.21. The van der Waals surface area contributed by atoms with E-state index in [-0.39, 0.29) is 17.8 Å². The maximum atomic E-state index is 13.1. The Morgan fingerprint density at radius 1 is 1.23 bits per heavy atom. The molecule has 0 aliphatic heterocycles. The van der Waals surface area contributed by atoms with E-state index in [1.54, 1.807) is 51.5 Å². The summed E-state index contributed by atoms with van der Waals surface area (Å²) in [6, 6.07) is 5.12. The molecule has 3 aromatic heterocycles. The molecular weight excluding hydrogens is 387 g/mol. The first-order chi connectivity index (χ1) is 14.1. The second-order valence-corrected chi connectivity index (χ2v) is 8.34. The summed E-state index contributed by atoms with van der Waals surface area (Å²) in [6.07, 6.45) is 2.32. The summed E-state index contributed by atoms with van der Waals surface area (Å²) in [4.78, 5) is 33.6. The molecule has 1 aliphatic carbocycles. The van der Waals surface area contributed by atoms with Crippen LogP contribution in [0.25, 0.3) is 22.0 Å². The lowest BCUT2D eigenvalue weighted by molar-refractivity contribution is -0.117. The molecule has 1 fully saturated rings. The predicted molar refractivity (Wildman–Crippen MR) is 112 cm³/mol. The Kier molecular flexibility index (Phi) is 4.69. The van der Waals surface area contributed by atoms with Gasteiger partial charge in [-0.2, -0.15) is 0 Å². The molecule has 0 aromatic carbocycles. The summed E-state index contributed by atoms with van der Waals surface area (Å²) in [5, 5.41) is 13.5. The number of hydrogen-bond acceptors (Lipinski definition) is 5. The first kappa shape index (κ1) is 20.2. The van der Waals surface area contributed by atoms with E-state index < -0.39 is 23.6 Å². The Hall–Kier alpha value is -3.13. The van der Waals surface area contributed by atoms with E-state index in [2.05, 4.69) is 15.3 Å². The molecule has 3 heterocycles. The van der Waals surface area contributed by atoms with Crippen molar-refractivity contribution in [2.24, 2.45) is 13.0 Å². The fraction of sp³-hybridized carbons (Fsp3) is 0.364. The number of fused-ring (bicyclic) bond motifs is 1. The molecule has 1 amide bonds. The minimum absolute atomic E-state index is 0.224. The highest BCUT2D eigenvalue weighted by Crippen LogP contribution is 2.34. The predicted octanol–water partition coefficient (Wildman–Crippen LogP) is 2.83. The SMILES string of the molecule is Cc1cc(C(C)(C)O)ncc1-c1cc2cnc(NC(=O)[C@@H]3C[C@@H]3F)cc2n(C)c1=O. The number of carbonyl (C=O) groups is 1. The van der Waals surface area contributed by atoms with Gasteiger partial charge in [0.1, 0.15) is 17.6 Å². The number of carbonyl (C=O) groups excluding carboxylic acids is 1. The topological polar surface area (TPSA) is 97.1 Å². The Morgan fingerprint density at radius 3 is 2.53 bits per heavy atom. The van der Waals surface area contributed by atoms with Gasteiger partial charge < -0.3 is 15.0 Å². The molecule has 0 spiro atoms. The van der Waals surface area contributed by atoms with Crippen molar-refractivity contribution in [3.8, 4) is 11.1 Å². The number of halogens is 1. The molecule has 4 rings (SSSR count). The molecule has 0 radical (unpaired) electrons. The van der Waals surface area contributed by atoms with Crippen molar-refractivity contribution in [1.29, 1.82) is 0 Å². The van der Waals surface area contributed by atoms with E-state index in [9.17, 15) is 19.1 Å². The third kappa shape index (κ3) is 3.59. The summed E-state index contributed by atoms with van der Waals surface area (Å²) >= 11 is 0. The van der Waals surface area contributed by atoms with Crippen molar-refractivity contribution in [2.75, 3.05) is 5.32 Å². The molecule has 2 N–H and O–H groups in total. The van der Waals surface area contributed by atoms with Crippen LogP contribution in [0.4, 0.5) is 10.2 Å². The zero-order valence-corrected chi connectivity index (χ0v) is 17.2. The molecule has 8 heteroatoms. The third-order valence-corrected chi connectivity index (χ3v) is 5.44. The highest BCUT2D eigenvalue weighted by molar-refractivity contribution is 5.95. The first-order valence-electron chi connectivity index (χ1n) is 9.71. The molecule has 0 unspecified atom stereocenters. The van der Waals surface area contributed by atoms with Gasteiger partial charge in [-0.1, -0.05) is 0 Å². The summed E-state index contributed by atoms with van der Waals surface area (Å²) in [5.41, 5.74) is 1.78. The second-order valence-electron chi connectivity index (χ2n) is 8.34. The Balaban J connectivity index is 1.74. The maximum Gasteiger partial charge on any atom is 0.258 e.